The molecular formula is C20H24ClN3O4S2. The third kappa shape index (κ3) is 4.08. The van der Waals surface area contributed by atoms with Crippen LogP contribution in [0.3, 0.4) is 0 Å². The first-order valence-corrected chi connectivity index (χ1v) is 12.8. The molecule has 3 heterocycles. The van der Waals surface area contributed by atoms with E-state index in [-0.39, 0.29) is 16.0 Å². The molecule has 2 fully saturated rings. The first kappa shape index (κ1) is 21.5. The number of nitrogens with one attached hydrogen (secondary N) is 1. The molecule has 162 valence electrons. The maximum absolute atomic E-state index is 12.9. The molecule has 0 spiro atoms. The number of thiophene rings is 1. The Labute approximate surface area is 185 Å². The minimum absolute atomic E-state index is 0.0642. The lowest BCUT2D eigenvalue weighted by Gasteiger charge is -2.32. The maximum atomic E-state index is 12.9. The average molecular weight is 470 g/mol. The molecule has 30 heavy (non-hydrogen) atoms. The third-order valence-electron chi connectivity index (χ3n) is 5.78. The lowest BCUT2D eigenvalue weighted by atomic mass is 10.1. The Morgan fingerprint density at radius 3 is 2.67 bits per heavy atom. The largest absolute Gasteiger partial charge is 0.341 e. The number of fused-ring (bicyclic) bond motifs is 1. The van der Waals surface area contributed by atoms with Gasteiger partial charge >= 0.3 is 0 Å². The lowest BCUT2D eigenvalue weighted by Crippen LogP contribution is -2.51. The Bertz CT molecular complexity index is 1080. The van der Waals surface area contributed by atoms with Crippen molar-refractivity contribution in [3.63, 3.8) is 0 Å². The highest BCUT2D eigenvalue weighted by Gasteiger charge is 2.40. The highest BCUT2D eigenvalue weighted by atomic mass is 35.5. The molecule has 4 rings (SSSR count). The highest BCUT2D eigenvalue weighted by molar-refractivity contribution is 7.91. The molecule has 10 heteroatoms. The van der Waals surface area contributed by atoms with Gasteiger partial charge < -0.3 is 9.80 Å². The van der Waals surface area contributed by atoms with Crippen LogP contribution in [0.5, 0.6) is 0 Å². The number of piperidine rings is 1. The van der Waals surface area contributed by atoms with Crippen LogP contribution in [0.4, 0.5) is 0 Å². The van der Waals surface area contributed by atoms with Crippen LogP contribution in [0, 0.1) is 0 Å². The first-order chi connectivity index (χ1) is 14.3. The summed E-state index contributed by atoms with van der Waals surface area (Å²) in [6, 6.07) is 5.36. The van der Waals surface area contributed by atoms with Gasteiger partial charge in [-0.15, -0.1) is 11.3 Å². The van der Waals surface area contributed by atoms with Crippen molar-refractivity contribution in [3.8, 4) is 0 Å². The number of nitrogens with zero attached hydrogens (tertiary/aromatic N) is 2. The van der Waals surface area contributed by atoms with E-state index in [9.17, 15) is 18.0 Å². The summed E-state index contributed by atoms with van der Waals surface area (Å²) in [6.45, 7) is 3.51. The van der Waals surface area contributed by atoms with Crippen molar-refractivity contribution in [1.82, 2.24) is 14.5 Å². The van der Waals surface area contributed by atoms with E-state index in [0.717, 1.165) is 48.4 Å². The fourth-order valence-corrected chi connectivity index (χ4v) is 7.03. The van der Waals surface area contributed by atoms with Crippen molar-refractivity contribution in [1.29, 1.82) is 0 Å². The zero-order valence-electron chi connectivity index (χ0n) is 16.6. The van der Waals surface area contributed by atoms with E-state index in [2.05, 4.69) is 4.72 Å². The summed E-state index contributed by atoms with van der Waals surface area (Å²) < 4.78 is 29.2. The van der Waals surface area contributed by atoms with Gasteiger partial charge in [0, 0.05) is 34.7 Å². The van der Waals surface area contributed by atoms with Crippen molar-refractivity contribution in [2.24, 2.45) is 0 Å². The van der Waals surface area contributed by atoms with Gasteiger partial charge in [-0.2, -0.15) is 4.72 Å². The molecule has 1 aromatic heterocycles. The Hall–Kier alpha value is -1.68. The average Bonchev–Trinajstić information content (AvgIpc) is 3.33. The van der Waals surface area contributed by atoms with Gasteiger partial charge in [0.15, 0.2) is 0 Å². The SMILES string of the molecule is C[C@H](C(=O)N1CCCCC1)N1CC[C@H](NS(=O)(=O)c2cc3c(Cl)cccc3s2)C1=O. The number of likely N-dealkylation sites (tertiary alicyclic amines) is 2. The zero-order valence-corrected chi connectivity index (χ0v) is 19.0. The molecule has 0 bridgehead atoms. The summed E-state index contributed by atoms with van der Waals surface area (Å²) in [5, 5.41) is 1.16. The Balaban J connectivity index is 1.46. The highest BCUT2D eigenvalue weighted by Crippen LogP contribution is 2.33. The van der Waals surface area contributed by atoms with Crippen LogP contribution < -0.4 is 4.72 Å². The van der Waals surface area contributed by atoms with Crippen LogP contribution in [-0.2, 0) is 19.6 Å². The monoisotopic (exact) mass is 469 g/mol. The van der Waals surface area contributed by atoms with Gasteiger partial charge in [0.25, 0.3) is 10.0 Å². The normalized spacial score (nSPS) is 21.4. The second-order valence-electron chi connectivity index (χ2n) is 7.77. The van der Waals surface area contributed by atoms with Crippen molar-refractivity contribution in [2.75, 3.05) is 19.6 Å². The standard InChI is InChI=1S/C20H24ClN3O4S2/c1-13(19(25)23-9-3-2-4-10-23)24-11-8-16(20(24)26)22-30(27,28)18-12-14-15(21)6-5-7-17(14)29-18/h5-7,12-13,16,22H,2-4,8-11H2,1H3/t13-,16+/m1/s1. The van der Waals surface area contributed by atoms with Gasteiger partial charge in [-0.05, 0) is 50.8 Å². The fraction of sp³-hybridized carbons (Fsp3) is 0.500. The smallest absolute Gasteiger partial charge is 0.250 e. The van der Waals surface area contributed by atoms with E-state index >= 15 is 0 Å². The van der Waals surface area contributed by atoms with E-state index in [1.54, 1.807) is 30.0 Å². The number of carbonyl (C=O) groups excluding carboxylic acids is 2. The minimum Gasteiger partial charge on any atom is -0.341 e. The second-order valence-corrected chi connectivity index (χ2v) is 11.2. The number of amides is 2. The van der Waals surface area contributed by atoms with Gasteiger partial charge in [0.2, 0.25) is 11.8 Å². The van der Waals surface area contributed by atoms with Crippen molar-refractivity contribution in [3.05, 3.63) is 29.3 Å². The summed E-state index contributed by atoms with van der Waals surface area (Å²) >= 11 is 7.27. The third-order valence-corrected chi connectivity index (χ3v) is 9.16. The van der Waals surface area contributed by atoms with Gasteiger partial charge in [0.05, 0.1) is 0 Å². The molecule has 0 radical (unpaired) electrons. The second kappa shape index (κ2) is 8.45. The molecule has 0 saturated carbocycles. The van der Waals surface area contributed by atoms with Crippen LogP contribution in [0.15, 0.2) is 28.5 Å². The fourth-order valence-electron chi connectivity index (χ4n) is 4.09. The Morgan fingerprint density at radius 1 is 1.23 bits per heavy atom. The lowest BCUT2D eigenvalue weighted by molar-refractivity contribution is -0.143. The van der Waals surface area contributed by atoms with Gasteiger partial charge in [-0.25, -0.2) is 8.42 Å². The van der Waals surface area contributed by atoms with Crippen LogP contribution >= 0.6 is 22.9 Å². The van der Waals surface area contributed by atoms with Gasteiger partial charge in [0.1, 0.15) is 16.3 Å². The van der Waals surface area contributed by atoms with Crippen LogP contribution in [0.2, 0.25) is 5.02 Å². The van der Waals surface area contributed by atoms with Gasteiger partial charge in [-0.3, -0.25) is 9.59 Å². The van der Waals surface area contributed by atoms with E-state index in [1.165, 1.54) is 11.0 Å². The molecule has 2 saturated heterocycles. The molecular weight excluding hydrogens is 446 g/mol. The number of sulfonamides is 1. The van der Waals surface area contributed by atoms with Crippen molar-refractivity contribution < 1.29 is 18.0 Å². The van der Waals surface area contributed by atoms with E-state index < -0.39 is 22.1 Å². The molecule has 1 N–H and O–H groups in total. The molecule has 2 atom stereocenters. The first-order valence-electron chi connectivity index (χ1n) is 10.1. The summed E-state index contributed by atoms with van der Waals surface area (Å²) in [6.07, 6.45) is 3.41. The molecule has 2 aromatic rings. The van der Waals surface area contributed by atoms with E-state index in [4.69, 9.17) is 11.6 Å². The minimum atomic E-state index is -3.88. The van der Waals surface area contributed by atoms with Crippen LogP contribution in [-0.4, -0.2) is 61.7 Å². The zero-order chi connectivity index (χ0) is 21.5. The number of carbonyl (C=O) groups is 2. The van der Waals surface area contributed by atoms with Crippen LogP contribution in [0.25, 0.3) is 10.1 Å². The maximum Gasteiger partial charge on any atom is 0.250 e. The number of rotatable bonds is 5. The molecule has 2 amide bonds. The topological polar surface area (TPSA) is 86.8 Å². The number of hydrogen-bond donors (Lipinski definition) is 1. The Morgan fingerprint density at radius 2 is 1.97 bits per heavy atom. The summed E-state index contributed by atoms with van der Waals surface area (Å²) in [5.74, 6) is -0.415. The van der Waals surface area contributed by atoms with E-state index in [0.29, 0.717) is 23.4 Å². The van der Waals surface area contributed by atoms with Crippen molar-refractivity contribution >= 4 is 54.9 Å². The number of hydrogen-bond acceptors (Lipinski definition) is 5. The molecule has 0 aliphatic carbocycles. The summed E-state index contributed by atoms with van der Waals surface area (Å²) in [7, 11) is -3.88. The number of benzene rings is 1. The van der Waals surface area contributed by atoms with E-state index in [1.807, 2.05) is 0 Å². The predicted molar refractivity (Wildman–Crippen MR) is 117 cm³/mol. The molecule has 0 unspecified atom stereocenters. The molecule has 2 aliphatic rings. The summed E-state index contributed by atoms with van der Waals surface area (Å²) in [5.41, 5.74) is 0. The summed E-state index contributed by atoms with van der Waals surface area (Å²) in [4.78, 5) is 28.9. The van der Waals surface area contributed by atoms with Gasteiger partial charge in [-0.1, -0.05) is 17.7 Å². The quantitative estimate of drug-likeness (QED) is 0.729. The van der Waals surface area contributed by atoms with Crippen LogP contribution in [0.1, 0.15) is 32.6 Å². The predicted octanol–water partition coefficient (Wildman–Crippen LogP) is 2.83. The number of halogens is 1. The Kier molecular flexibility index (Phi) is 6.07. The molecule has 7 nitrogen and oxygen atoms in total. The van der Waals surface area contributed by atoms with Crippen molar-refractivity contribution in [2.45, 2.75) is 48.9 Å². The molecule has 1 aromatic carbocycles. The molecule has 2 aliphatic heterocycles.